The molecule has 0 bridgehead atoms. The molecule has 2 fully saturated rings. The monoisotopic (exact) mass is 561 g/mol. The second kappa shape index (κ2) is 15.2. The van der Waals surface area contributed by atoms with E-state index >= 15 is 0 Å². The molecule has 2 aromatic carbocycles. The van der Waals surface area contributed by atoms with Gasteiger partial charge in [-0.05, 0) is 79.6 Å². The van der Waals surface area contributed by atoms with Crippen molar-refractivity contribution in [3.63, 3.8) is 0 Å². The Balaban J connectivity index is 0.000000559. The molecule has 2 aliphatic rings. The van der Waals surface area contributed by atoms with Crippen LogP contribution in [0.15, 0.2) is 48.5 Å². The Bertz CT molecular complexity index is 1070. The third-order valence-corrected chi connectivity index (χ3v) is 7.62. The lowest BCUT2D eigenvalue weighted by Gasteiger charge is -2.29. The van der Waals surface area contributed by atoms with E-state index in [0.717, 1.165) is 31.2 Å². The summed E-state index contributed by atoms with van der Waals surface area (Å²) in [5.41, 5.74) is 4.12. The molecular formula is C31H42F3N3O3. The van der Waals surface area contributed by atoms with E-state index in [-0.39, 0.29) is 5.91 Å². The summed E-state index contributed by atoms with van der Waals surface area (Å²) in [5.74, 6) is -1.39. The molecule has 1 aliphatic carbocycles. The molecule has 1 saturated carbocycles. The summed E-state index contributed by atoms with van der Waals surface area (Å²) in [5, 5.41) is 10.1. The van der Waals surface area contributed by atoms with E-state index in [0.29, 0.717) is 11.5 Å². The number of anilines is 1. The molecule has 9 heteroatoms. The minimum Gasteiger partial charge on any atom is -0.475 e. The zero-order valence-corrected chi connectivity index (χ0v) is 23.6. The first-order chi connectivity index (χ1) is 19.0. The minimum absolute atomic E-state index is 0.0491. The Hall–Kier alpha value is -2.91. The second-order valence-corrected chi connectivity index (χ2v) is 11.2. The number of benzene rings is 2. The summed E-state index contributed by atoms with van der Waals surface area (Å²) in [7, 11) is 0. The fraction of sp³-hybridized carbons (Fsp3) is 0.548. The van der Waals surface area contributed by atoms with Crippen LogP contribution in [0.3, 0.4) is 0 Å². The van der Waals surface area contributed by atoms with Gasteiger partial charge in [0, 0.05) is 37.4 Å². The average Bonchev–Trinajstić information content (AvgIpc) is 3.14. The Morgan fingerprint density at radius 1 is 0.875 bits per heavy atom. The van der Waals surface area contributed by atoms with Gasteiger partial charge in [0.05, 0.1) is 0 Å². The van der Waals surface area contributed by atoms with Crippen molar-refractivity contribution in [1.29, 1.82) is 0 Å². The highest BCUT2D eigenvalue weighted by atomic mass is 19.4. The number of carbonyl (C=O) groups is 2. The van der Waals surface area contributed by atoms with E-state index in [1.165, 1.54) is 69.3 Å². The number of alkyl halides is 3. The van der Waals surface area contributed by atoms with Crippen LogP contribution in [0.4, 0.5) is 18.9 Å². The first-order valence-electron chi connectivity index (χ1n) is 14.3. The number of nitrogens with one attached hydrogen (secondary N) is 1. The second-order valence-electron chi connectivity index (χ2n) is 11.2. The number of aliphatic carboxylic acids is 1. The van der Waals surface area contributed by atoms with Crippen molar-refractivity contribution in [1.82, 2.24) is 9.80 Å². The van der Waals surface area contributed by atoms with Gasteiger partial charge in [-0.2, -0.15) is 13.2 Å². The highest BCUT2D eigenvalue weighted by Gasteiger charge is 2.38. The van der Waals surface area contributed by atoms with E-state index in [2.05, 4.69) is 53.2 Å². The molecule has 2 aromatic rings. The van der Waals surface area contributed by atoms with Crippen molar-refractivity contribution < 1.29 is 27.9 Å². The Morgan fingerprint density at radius 3 is 2.02 bits per heavy atom. The van der Waals surface area contributed by atoms with E-state index in [9.17, 15) is 18.0 Å². The molecule has 1 aliphatic heterocycles. The third-order valence-electron chi connectivity index (χ3n) is 7.62. The van der Waals surface area contributed by atoms with Crippen LogP contribution < -0.4 is 5.32 Å². The third kappa shape index (κ3) is 10.6. The quantitative estimate of drug-likeness (QED) is 0.390. The number of hydrogen-bond acceptors (Lipinski definition) is 4. The van der Waals surface area contributed by atoms with Gasteiger partial charge in [-0.25, -0.2) is 4.79 Å². The zero-order chi connectivity index (χ0) is 29.1. The summed E-state index contributed by atoms with van der Waals surface area (Å²) in [4.78, 5) is 26.8. The number of hydrogen-bond donors (Lipinski definition) is 2. The maximum Gasteiger partial charge on any atom is 0.490 e. The van der Waals surface area contributed by atoms with Crippen LogP contribution in [-0.4, -0.2) is 65.7 Å². The van der Waals surface area contributed by atoms with Crippen LogP contribution >= 0.6 is 0 Å². The summed E-state index contributed by atoms with van der Waals surface area (Å²) < 4.78 is 31.7. The summed E-state index contributed by atoms with van der Waals surface area (Å²) in [6.07, 6.45) is 3.35. The smallest absolute Gasteiger partial charge is 0.475 e. The van der Waals surface area contributed by atoms with Gasteiger partial charge in [-0.1, -0.05) is 57.4 Å². The van der Waals surface area contributed by atoms with E-state index in [1.807, 2.05) is 24.3 Å². The maximum absolute atomic E-state index is 12.7. The summed E-state index contributed by atoms with van der Waals surface area (Å²) in [6.45, 7) is 11.4. The van der Waals surface area contributed by atoms with Crippen LogP contribution in [0.25, 0.3) is 0 Å². The summed E-state index contributed by atoms with van der Waals surface area (Å²) in [6, 6.07) is 16.3. The van der Waals surface area contributed by atoms with Crippen molar-refractivity contribution in [2.75, 3.05) is 38.0 Å². The fourth-order valence-corrected chi connectivity index (χ4v) is 5.27. The first-order valence-corrected chi connectivity index (χ1v) is 14.3. The predicted molar refractivity (Wildman–Crippen MR) is 152 cm³/mol. The van der Waals surface area contributed by atoms with Crippen molar-refractivity contribution >= 4 is 17.6 Å². The molecule has 0 radical (unpaired) electrons. The number of nitrogens with zero attached hydrogens (tertiary/aromatic N) is 2. The number of carbonyl (C=O) groups excluding carboxylic acids is 1. The molecule has 6 nitrogen and oxygen atoms in total. The predicted octanol–water partition coefficient (Wildman–Crippen LogP) is 6.78. The molecule has 0 unspecified atom stereocenters. The number of rotatable bonds is 7. The van der Waals surface area contributed by atoms with Crippen LogP contribution in [0.2, 0.25) is 0 Å². The molecule has 0 spiro atoms. The van der Waals surface area contributed by atoms with Gasteiger partial charge in [-0.3, -0.25) is 9.69 Å². The summed E-state index contributed by atoms with van der Waals surface area (Å²) >= 11 is 0. The van der Waals surface area contributed by atoms with Gasteiger partial charge < -0.3 is 15.3 Å². The normalized spacial score (nSPS) is 17.6. The van der Waals surface area contributed by atoms with Gasteiger partial charge >= 0.3 is 12.1 Å². The van der Waals surface area contributed by atoms with Crippen molar-refractivity contribution in [3.05, 3.63) is 65.2 Å². The fourth-order valence-electron chi connectivity index (χ4n) is 5.27. The molecule has 0 atom stereocenters. The molecular weight excluding hydrogens is 519 g/mol. The van der Waals surface area contributed by atoms with Crippen molar-refractivity contribution in [2.24, 2.45) is 5.92 Å². The van der Waals surface area contributed by atoms with Crippen LogP contribution in [-0.2, 0) is 11.3 Å². The van der Waals surface area contributed by atoms with Crippen LogP contribution in [0.5, 0.6) is 0 Å². The molecule has 40 heavy (non-hydrogen) atoms. The number of halogens is 3. The molecule has 1 heterocycles. The molecule has 1 amide bonds. The van der Waals surface area contributed by atoms with Gasteiger partial charge in [0.25, 0.3) is 5.91 Å². The minimum atomic E-state index is -5.08. The van der Waals surface area contributed by atoms with E-state index < -0.39 is 12.1 Å². The van der Waals surface area contributed by atoms with E-state index in [4.69, 9.17) is 9.90 Å². The Morgan fingerprint density at radius 2 is 1.45 bits per heavy atom. The lowest BCUT2D eigenvalue weighted by molar-refractivity contribution is -0.192. The first kappa shape index (κ1) is 31.6. The topological polar surface area (TPSA) is 72.9 Å². The van der Waals surface area contributed by atoms with Crippen LogP contribution in [0.1, 0.15) is 79.8 Å². The van der Waals surface area contributed by atoms with Crippen LogP contribution in [0, 0.1) is 5.92 Å². The standard InChI is InChI=1S/C29H41N3O.C2HF3O2/c1-23(2)26-13-15-28(16-14-26)30-29(33)27-11-9-25(10-12-27)22-32-18-6-17-31(19-20-32)21-24-7-4-3-5-8-24;3-2(4,5)1(6)7/h9-16,23-24H,3-8,17-22H2,1-2H3,(H,30,33);(H,6,7). The lowest BCUT2D eigenvalue weighted by Crippen LogP contribution is -2.34. The highest BCUT2D eigenvalue weighted by Crippen LogP contribution is 2.25. The lowest BCUT2D eigenvalue weighted by atomic mass is 9.89. The van der Waals surface area contributed by atoms with Gasteiger partial charge in [0.2, 0.25) is 0 Å². The van der Waals surface area contributed by atoms with Gasteiger partial charge in [0.1, 0.15) is 0 Å². The maximum atomic E-state index is 12.7. The van der Waals surface area contributed by atoms with Crippen molar-refractivity contribution in [3.8, 4) is 0 Å². The molecule has 4 rings (SSSR count). The van der Waals surface area contributed by atoms with Crippen molar-refractivity contribution in [2.45, 2.75) is 71.0 Å². The number of carboxylic acid groups (broad SMARTS) is 1. The zero-order valence-electron chi connectivity index (χ0n) is 23.6. The number of carboxylic acids is 1. The molecule has 2 N–H and O–H groups in total. The Kier molecular flexibility index (Phi) is 12.0. The average molecular weight is 562 g/mol. The molecule has 0 aromatic heterocycles. The highest BCUT2D eigenvalue weighted by molar-refractivity contribution is 6.04. The number of amides is 1. The van der Waals surface area contributed by atoms with Gasteiger partial charge in [-0.15, -0.1) is 0 Å². The molecule has 220 valence electrons. The molecule has 1 saturated heterocycles. The SMILES string of the molecule is CC(C)c1ccc(NC(=O)c2ccc(CN3CCCN(CC4CCCCC4)CC3)cc2)cc1.O=C(O)C(F)(F)F. The largest absolute Gasteiger partial charge is 0.490 e. The van der Waals surface area contributed by atoms with E-state index in [1.54, 1.807) is 0 Å². The van der Waals surface area contributed by atoms with Gasteiger partial charge in [0.15, 0.2) is 0 Å². The Labute approximate surface area is 235 Å².